The van der Waals surface area contributed by atoms with Gasteiger partial charge in [0, 0.05) is 10.6 Å². The Balaban J connectivity index is 2.26. The van der Waals surface area contributed by atoms with Gasteiger partial charge in [-0.15, -0.1) is 11.3 Å². The summed E-state index contributed by atoms with van der Waals surface area (Å²) in [6.45, 7) is 3.60. The van der Waals surface area contributed by atoms with Crippen molar-refractivity contribution in [2.24, 2.45) is 0 Å². The molecule has 0 fully saturated rings. The number of nitrogens with one attached hydrogen (secondary N) is 1. The highest BCUT2D eigenvalue weighted by molar-refractivity contribution is 7.15. The summed E-state index contributed by atoms with van der Waals surface area (Å²) in [4.78, 5) is 16.4. The van der Waals surface area contributed by atoms with Crippen molar-refractivity contribution in [1.29, 1.82) is 0 Å². The number of carbonyl (C=O) groups is 1. The fourth-order valence-corrected chi connectivity index (χ4v) is 2.43. The largest absolute Gasteiger partial charge is 0.464 e. The van der Waals surface area contributed by atoms with Gasteiger partial charge in [-0.2, -0.15) is 0 Å². The Morgan fingerprint density at radius 1 is 1.42 bits per heavy atom. The maximum atomic E-state index is 13.0. The number of benzene rings is 1. The molecule has 100 valence electrons. The van der Waals surface area contributed by atoms with E-state index in [0.717, 1.165) is 16.1 Å². The SMILES string of the molecule is COC(=O)c1nc(Nc2ccc(F)cc2C)sc1C. The van der Waals surface area contributed by atoms with Crippen LogP contribution in [-0.2, 0) is 4.74 Å². The zero-order valence-electron chi connectivity index (χ0n) is 10.8. The first kappa shape index (κ1) is 13.5. The van der Waals surface area contributed by atoms with Gasteiger partial charge in [-0.3, -0.25) is 0 Å². The predicted molar refractivity (Wildman–Crippen MR) is 72.6 cm³/mol. The normalized spacial score (nSPS) is 10.3. The van der Waals surface area contributed by atoms with Crippen molar-refractivity contribution in [3.8, 4) is 0 Å². The molecule has 0 bridgehead atoms. The lowest BCUT2D eigenvalue weighted by molar-refractivity contribution is 0.0594. The molecule has 0 spiro atoms. The molecule has 2 rings (SSSR count). The van der Waals surface area contributed by atoms with E-state index in [0.29, 0.717) is 10.8 Å². The summed E-state index contributed by atoms with van der Waals surface area (Å²) in [5.74, 6) is -0.744. The third-order valence-corrected chi connectivity index (χ3v) is 3.49. The van der Waals surface area contributed by atoms with Gasteiger partial charge in [-0.05, 0) is 37.6 Å². The Hall–Kier alpha value is -1.95. The van der Waals surface area contributed by atoms with Crippen LogP contribution in [0.3, 0.4) is 0 Å². The summed E-state index contributed by atoms with van der Waals surface area (Å²) in [6, 6.07) is 4.44. The second-order valence-electron chi connectivity index (χ2n) is 4.00. The molecule has 2 aromatic rings. The van der Waals surface area contributed by atoms with Gasteiger partial charge in [-0.25, -0.2) is 14.2 Å². The summed E-state index contributed by atoms with van der Waals surface area (Å²) in [7, 11) is 1.32. The van der Waals surface area contributed by atoms with Gasteiger partial charge in [0.1, 0.15) is 5.82 Å². The summed E-state index contributed by atoms with van der Waals surface area (Å²) < 4.78 is 17.7. The second-order valence-corrected chi connectivity index (χ2v) is 5.20. The summed E-state index contributed by atoms with van der Waals surface area (Å²) in [5.41, 5.74) is 1.83. The first-order chi connectivity index (χ1) is 9.01. The van der Waals surface area contributed by atoms with E-state index >= 15 is 0 Å². The first-order valence-electron chi connectivity index (χ1n) is 5.60. The van der Waals surface area contributed by atoms with Crippen molar-refractivity contribution >= 4 is 28.1 Å². The maximum Gasteiger partial charge on any atom is 0.357 e. The minimum Gasteiger partial charge on any atom is -0.464 e. The molecule has 0 radical (unpaired) electrons. The lowest BCUT2D eigenvalue weighted by atomic mass is 10.2. The molecular formula is C13H13FN2O2S. The predicted octanol–water partition coefficient (Wildman–Crippen LogP) is 3.43. The van der Waals surface area contributed by atoms with E-state index in [-0.39, 0.29) is 5.82 Å². The molecule has 1 aromatic carbocycles. The molecule has 0 aliphatic heterocycles. The van der Waals surface area contributed by atoms with E-state index in [1.54, 1.807) is 19.9 Å². The molecule has 19 heavy (non-hydrogen) atoms. The van der Waals surface area contributed by atoms with Gasteiger partial charge in [0.2, 0.25) is 0 Å². The number of esters is 1. The molecule has 0 unspecified atom stereocenters. The van der Waals surface area contributed by atoms with E-state index in [1.165, 1.54) is 30.6 Å². The van der Waals surface area contributed by atoms with Crippen LogP contribution in [0.15, 0.2) is 18.2 Å². The van der Waals surface area contributed by atoms with Gasteiger partial charge >= 0.3 is 5.97 Å². The summed E-state index contributed by atoms with van der Waals surface area (Å²) in [5, 5.41) is 3.65. The Bertz CT molecular complexity index is 625. The van der Waals surface area contributed by atoms with Gasteiger partial charge in [0.25, 0.3) is 0 Å². The van der Waals surface area contributed by atoms with Crippen LogP contribution in [-0.4, -0.2) is 18.1 Å². The number of aryl methyl sites for hydroxylation is 2. The van der Waals surface area contributed by atoms with Crippen molar-refractivity contribution in [2.45, 2.75) is 13.8 Å². The molecular weight excluding hydrogens is 267 g/mol. The van der Waals surface area contributed by atoms with Crippen molar-refractivity contribution in [3.05, 3.63) is 40.2 Å². The topological polar surface area (TPSA) is 51.2 Å². The number of hydrogen-bond donors (Lipinski definition) is 1. The highest BCUT2D eigenvalue weighted by atomic mass is 32.1. The number of carbonyl (C=O) groups excluding carboxylic acids is 1. The zero-order chi connectivity index (χ0) is 14.0. The highest BCUT2D eigenvalue weighted by Gasteiger charge is 2.16. The molecule has 0 saturated carbocycles. The minimum absolute atomic E-state index is 0.284. The maximum absolute atomic E-state index is 13.0. The molecule has 1 heterocycles. The Kier molecular flexibility index (Phi) is 3.80. The lowest BCUT2D eigenvalue weighted by Crippen LogP contribution is -2.03. The molecule has 0 atom stereocenters. The fraction of sp³-hybridized carbons (Fsp3) is 0.231. The molecule has 0 aliphatic rings. The first-order valence-corrected chi connectivity index (χ1v) is 6.42. The monoisotopic (exact) mass is 280 g/mol. The Morgan fingerprint density at radius 3 is 2.79 bits per heavy atom. The van der Waals surface area contributed by atoms with Crippen LogP contribution in [0, 0.1) is 19.7 Å². The van der Waals surface area contributed by atoms with E-state index in [1.807, 2.05) is 0 Å². The van der Waals surface area contributed by atoms with Crippen LogP contribution in [0.4, 0.5) is 15.2 Å². The van der Waals surface area contributed by atoms with Crippen LogP contribution in [0.25, 0.3) is 0 Å². The molecule has 6 heteroatoms. The summed E-state index contributed by atoms with van der Waals surface area (Å²) in [6.07, 6.45) is 0. The van der Waals surface area contributed by atoms with Crippen LogP contribution < -0.4 is 5.32 Å². The molecule has 0 aliphatic carbocycles. The number of rotatable bonds is 3. The van der Waals surface area contributed by atoms with Gasteiger partial charge in [0.05, 0.1) is 7.11 Å². The number of thiazole rings is 1. The van der Waals surface area contributed by atoms with Crippen molar-refractivity contribution in [3.63, 3.8) is 0 Å². The van der Waals surface area contributed by atoms with Crippen LogP contribution >= 0.6 is 11.3 Å². The number of methoxy groups -OCH3 is 1. The van der Waals surface area contributed by atoms with Gasteiger partial charge < -0.3 is 10.1 Å². The quantitative estimate of drug-likeness (QED) is 0.875. The molecule has 0 saturated heterocycles. The minimum atomic E-state index is -0.461. The van der Waals surface area contributed by atoms with Gasteiger partial charge in [0.15, 0.2) is 10.8 Å². The number of hydrogen-bond acceptors (Lipinski definition) is 5. The number of halogens is 1. The van der Waals surface area contributed by atoms with E-state index in [4.69, 9.17) is 0 Å². The molecule has 1 N–H and O–H groups in total. The Labute approximate surface area is 114 Å². The molecule has 0 amide bonds. The van der Waals surface area contributed by atoms with Crippen molar-refractivity contribution in [2.75, 3.05) is 12.4 Å². The van der Waals surface area contributed by atoms with E-state index in [2.05, 4.69) is 15.0 Å². The number of ether oxygens (including phenoxy) is 1. The van der Waals surface area contributed by atoms with Crippen molar-refractivity contribution < 1.29 is 13.9 Å². The number of aromatic nitrogens is 1. The smallest absolute Gasteiger partial charge is 0.357 e. The average molecular weight is 280 g/mol. The Morgan fingerprint density at radius 2 is 2.16 bits per heavy atom. The number of anilines is 2. The molecule has 4 nitrogen and oxygen atoms in total. The number of nitrogens with zero attached hydrogens (tertiary/aromatic N) is 1. The van der Waals surface area contributed by atoms with Gasteiger partial charge in [-0.1, -0.05) is 0 Å². The third kappa shape index (κ3) is 2.90. The standard InChI is InChI=1S/C13H13FN2O2S/c1-7-6-9(14)4-5-10(7)15-13-16-11(8(2)19-13)12(17)18-3/h4-6H,1-3H3,(H,15,16). The van der Waals surface area contributed by atoms with Crippen LogP contribution in [0.1, 0.15) is 20.9 Å². The van der Waals surface area contributed by atoms with Crippen LogP contribution in [0.5, 0.6) is 0 Å². The average Bonchev–Trinajstić information content (AvgIpc) is 2.73. The second kappa shape index (κ2) is 5.36. The molecule has 1 aromatic heterocycles. The van der Waals surface area contributed by atoms with E-state index < -0.39 is 5.97 Å². The third-order valence-electron chi connectivity index (χ3n) is 2.61. The fourth-order valence-electron chi connectivity index (χ4n) is 1.62. The lowest BCUT2D eigenvalue weighted by Gasteiger charge is -2.06. The van der Waals surface area contributed by atoms with E-state index in [9.17, 15) is 9.18 Å². The summed E-state index contributed by atoms with van der Waals surface area (Å²) >= 11 is 1.35. The highest BCUT2D eigenvalue weighted by Crippen LogP contribution is 2.27. The zero-order valence-corrected chi connectivity index (χ0v) is 11.6. The van der Waals surface area contributed by atoms with Crippen molar-refractivity contribution in [1.82, 2.24) is 4.98 Å². The van der Waals surface area contributed by atoms with Crippen LogP contribution in [0.2, 0.25) is 0 Å².